The van der Waals surface area contributed by atoms with Gasteiger partial charge in [-0.3, -0.25) is 4.90 Å². The number of aromatic nitrogens is 3. The minimum absolute atomic E-state index is 0.556. The van der Waals surface area contributed by atoms with E-state index in [4.69, 9.17) is 0 Å². The molecule has 5 nitrogen and oxygen atoms in total. The summed E-state index contributed by atoms with van der Waals surface area (Å²) in [7, 11) is 0. The first-order chi connectivity index (χ1) is 7.43. The zero-order valence-electron chi connectivity index (χ0n) is 8.69. The van der Waals surface area contributed by atoms with E-state index in [1.165, 1.54) is 31.8 Å². The highest BCUT2D eigenvalue weighted by molar-refractivity contribution is 5.12. The predicted octanol–water partition coefficient (Wildman–Crippen LogP) is 0.0729. The molecule has 4 rings (SSSR count). The lowest BCUT2D eigenvalue weighted by atomic mass is 10.1. The van der Waals surface area contributed by atoms with Gasteiger partial charge in [-0.25, -0.2) is 0 Å². The summed E-state index contributed by atoms with van der Waals surface area (Å²) in [4.78, 5) is 2.57. The van der Waals surface area contributed by atoms with Crippen molar-refractivity contribution in [2.45, 2.75) is 31.5 Å². The Morgan fingerprint density at radius 1 is 1.33 bits per heavy atom. The molecule has 0 saturated carbocycles. The molecule has 2 unspecified atom stereocenters. The van der Waals surface area contributed by atoms with Gasteiger partial charge in [-0.15, -0.1) is 10.2 Å². The van der Waals surface area contributed by atoms with E-state index in [1.807, 2.05) is 0 Å². The minimum atomic E-state index is 0.556. The molecule has 5 heteroatoms. The molecule has 4 heterocycles. The van der Waals surface area contributed by atoms with Crippen LogP contribution < -0.4 is 5.32 Å². The maximum Gasteiger partial charge on any atom is 0.150 e. The molecule has 1 fully saturated rings. The molecule has 0 aromatic carbocycles. The quantitative estimate of drug-likeness (QED) is 0.651. The smallest absolute Gasteiger partial charge is 0.150 e. The number of nitrogens with one attached hydrogen (secondary N) is 1. The summed E-state index contributed by atoms with van der Waals surface area (Å²) in [6.07, 6.45) is 2.57. The molecule has 1 saturated heterocycles. The summed E-state index contributed by atoms with van der Waals surface area (Å²) in [5.74, 6) is 2.35. The molecular formula is C10H15N5. The second-order valence-corrected chi connectivity index (χ2v) is 4.78. The number of fused-ring (bicyclic) bond motifs is 2. The predicted molar refractivity (Wildman–Crippen MR) is 54.3 cm³/mol. The average Bonchev–Trinajstić information content (AvgIpc) is 2.85. The lowest BCUT2D eigenvalue weighted by Gasteiger charge is -2.38. The molecule has 0 amide bonds. The molecule has 0 spiro atoms. The van der Waals surface area contributed by atoms with Crippen molar-refractivity contribution in [1.82, 2.24) is 25.0 Å². The van der Waals surface area contributed by atoms with Crippen molar-refractivity contribution in [3.8, 4) is 0 Å². The Labute approximate surface area is 88.5 Å². The van der Waals surface area contributed by atoms with E-state index in [2.05, 4.69) is 25.0 Å². The van der Waals surface area contributed by atoms with Crippen LogP contribution in [0.3, 0.4) is 0 Å². The third-order valence-corrected chi connectivity index (χ3v) is 3.93. The zero-order valence-corrected chi connectivity index (χ0v) is 8.69. The minimum Gasteiger partial charge on any atom is -0.308 e. The molecule has 2 atom stereocenters. The van der Waals surface area contributed by atoms with Gasteiger partial charge in [0.1, 0.15) is 5.82 Å². The Morgan fingerprint density at radius 3 is 3.33 bits per heavy atom. The Kier molecular flexibility index (Phi) is 1.54. The third kappa shape index (κ3) is 0.995. The van der Waals surface area contributed by atoms with Crippen molar-refractivity contribution in [3.05, 3.63) is 11.6 Å². The van der Waals surface area contributed by atoms with E-state index in [0.717, 1.165) is 18.9 Å². The number of nitrogens with zero attached hydrogens (tertiary/aromatic N) is 4. The van der Waals surface area contributed by atoms with Gasteiger partial charge in [0.25, 0.3) is 0 Å². The second kappa shape index (κ2) is 2.80. The maximum atomic E-state index is 4.39. The molecule has 15 heavy (non-hydrogen) atoms. The van der Waals surface area contributed by atoms with Crippen molar-refractivity contribution < 1.29 is 0 Å². The van der Waals surface area contributed by atoms with Gasteiger partial charge in [0.2, 0.25) is 0 Å². The van der Waals surface area contributed by atoms with E-state index in [1.54, 1.807) is 0 Å². The van der Waals surface area contributed by atoms with Gasteiger partial charge in [0.15, 0.2) is 5.82 Å². The van der Waals surface area contributed by atoms with Gasteiger partial charge in [-0.05, 0) is 19.4 Å². The molecule has 0 radical (unpaired) electrons. The lowest BCUT2D eigenvalue weighted by molar-refractivity contribution is 0.155. The van der Waals surface area contributed by atoms with Crippen LogP contribution in [-0.2, 0) is 6.54 Å². The van der Waals surface area contributed by atoms with Crippen LogP contribution in [0.5, 0.6) is 0 Å². The standard InChI is InChI=1S/C10H15N5/c1-2-8-10-13-12-9-5-11-4-7(15(9)10)6-14(8)3-1/h7-8,11H,1-6H2. The van der Waals surface area contributed by atoms with Crippen LogP contribution in [0, 0.1) is 0 Å². The molecular weight excluding hydrogens is 190 g/mol. The molecule has 1 aromatic rings. The highest BCUT2D eigenvalue weighted by Crippen LogP contribution is 2.38. The molecule has 80 valence electrons. The van der Waals surface area contributed by atoms with E-state index in [9.17, 15) is 0 Å². The summed E-state index contributed by atoms with van der Waals surface area (Å²) in [5, 5.41) is 12.1. The van der Waals surface area contributed by atoms with Gasteiger partial charge in [0, 0.05) is 13.1 Å². The summed E-state index contributed by atoms with van der Waals surface area (Å²) in [6.45, 7) is 4.37. The molecule has 1 N–H and O–H groups in total. The van der Waals surface area contributed by atoms with Crippen LogP contribution in [0.4, 0.5) is 0 Å². The van der Waals surface area contributed by atoms with Crippen molar-refractivity contribution in [3.63, 3.8) is 0 Å². The normalized spacial score (nSPS) is 33.9. The molecule has 1 aromatic heterocycles. The topological polar surface area (TPSA) is 46.0 Å². The molecule has 3 aliphatic rings. The Hall–Kier alpha value is -0.940. The van der Waals surface area contributed by atoms with Crippen LogP contribution in [-0.4, -0.2) is 39.3 Å². The van der Waals surface area contributed by atoms with E-state index in [-0.39, 0.29) is 0 Å². The van der Waals surface area contributed by atoms with Crippen molar-refractivity contribution >= 4 is 0 Å². The van der Waals surface area contributed by atoms with Crippen LogP contribution in [0.1, 0.15) is 36.6 Å². The highest BCUT2D eigenvalue weighted by atomic mass is 15.4. The van der Waals surface area contributed by atoms with Crippen molar-refractivity contribution in [1.29, 1.82) is 0 Å². The molecule has 0 bridgehead atoms. The fourth-order valence-electron chi connectivity index (χ4n) is 3.28. The van der Waals surface area contributed by atoms with Gasteiger partial charge in [0.05, 0.1) is 18.6 Å². The number of hydrogen-bond donors (Lipinski definition) is 1. The molecule has 3 aliphatic heterocycles. The SMILES string of the molecule is C1CC2c3nnc4n3C(CNC4)CN2C1. The third-order valence-electron chi connectivity index (χ3n) is 3.93. The fourth-order valence-corrected chi connectivity index (χ4v) is 3.28. The summed E-state index contributed by atoms with van der Waals surface area (Å²) in [6, 6.07) is 1.12. The first kappa shape index (κ1) is 8.24. The summed E-state index contributed by atoms with van der Waals surface area (Å²) < 4.78 is 2.39. The Bertz CT molecular complexity index is 399. The zero-order chi connectivity index (χ0) is 9.83. The van der Waals surface area contributed by atoms with Crippen molar-refractivity contribution in [2.75, 3.05) is 19.6 Å². The van der Waals surface area contributed by atoms with Gasteiger partial charge < -0.3 is 9.88 Å². The largest absolute Gasteiger partial charge is 0.308 e. The van der Waals surface area contributed by atoms with Crippen LogP contribution in [0.25, 0.3) is 0 Å². The first-order valence-corrected chi connectivity index (χ1v) is 5.82. The number of hydrogen-bond acceptors (Lipinski definition) is 4. The van der Waals surface area contributed by atoms with Gasteiger partial charge in [-0.1, -0.05) is 0 Å². The summed E-state index contributed by atoms with van der Waals surface area (Å²) in [5.41, 5.74) is 0. The molecule has 0 aliphatic carbocycles. The highest BCUT2D eigenvalue weighted by Gasteiger charge is 2.39. The fraction of sp³-hybridized carbons (Fsp3) is 0.800. The Morgan fingerprint density at radius 2 is 2.33 bits per heavy atom. The van der Waals surface area contributed by atoms with E-state index in [0.29, 0.717) is 12.1 Å². The second-order valence-electron chi connectivity index (χ2n) is 4.78. The monoisotopic (exact) mass is 205 g/mol. The summed E-state index contributed by atoms with van der Waals surface area (Å²) >= 11 is 0. The lowest BCUT2D eigenvalue weighted by Crippen LogP contribution is -2.45. The van der Waals surface area contributed by atoms with Gasteiger partial charge >= 0.3 is 0 Å². The van der Waals surface area contributed by atoms with E-state index < -0.39 is 0 Å². The van der Waals surface area contributed by atoms with Crippen LogP contribution in [0.2, 0.25) is 0 Å². The maximum absolute atomic E-state index is 4.39. The van der Waals surface area contributed by atoms with Crippen molar-refractivity contribution in [2.24, 2.45) is 0 Å². The van der Waals surface area contributed by atoms with Crippen LogP contribution >= 0.6 is 0 Å². The first-order valence-electron chi connectivity index (χ1n) is 5.82. The van der Waals surface area contributed by atoms with E-state index >= 15 is 0 Å². The number of rotatable bonds is 0. The average molecular weight is 205 g/mol. The Balaban J connectivity index is 1.88. The van der Waals surface area contributed by atoms with Gasteiger partial charge in [-0.2, -0.15) is 0 Å². The van der Waals surface area contributed by atoms with Crippen LogP contribution in [0.15, 0.2) is 0 Å².